The maximum Gasteiger partial charge on any atom is 0.243 e. The molecule has 2 aromatic rings. The number of hydrogen-bond donors (Lipinski definition) is 7. The molecule has 2 rings (SSSR count). The molecule has 0 fully saturated rings. The number of phenols is 1. The summed E-state index contributed by atoms with van der Waals surface area (Å²) < 4.78 is 0. The summed E-state index contributed by atoms with van der Waals surface area (Å²) >= 11 is 1.52. The summed E-state index contributed by atoms with van der Waals surface area (Å²) in [5.74, 6) is -1.14. The van der Waals surface area contributed by atoms with Crippen molar-refractivity contribution in [3.63, 3.8) is 0 Å². The van der Waals surface area contributed by atoms with Gasteiger partial charge in [0.1, 0.15) is 17.8 Å². The van der Waals surface area contributed by atoms with E-state index in [-0.39, 0.29) is 55.5 Å². The second kappa shape index (κ2) is 23.9. The van der Waals surface area contributed by atoms with Crippen LogP contribution in [0.2, 0.25) is 0 Å². The van der Waals surface area contributed by atoms with Crippen LogP contribution in [0.1, 0.15) is 54.4 Å². The summed E-state index contributed by atoms with van der Waals surface area (Å²) in [5, 5.41) is 29.7. The van der Waals surface area contributed by atoms with Crippen LogP contribution in [0.3, 0.4) is 0 Å². The number of carbonyl (C=O) groups is 4. The van der Waals surface area contributed by atoms with Gasteiger partial charge in [-0.05, 0) is 85.9 Å². The molecule has 0 spiro atoms. The Bertz CT molecular complexity index is 1230. The van der Waals surface area contributed by atoms with Crippen molar-refractivity contribution in [1.29, 1.82) is 0 Å². The number of aliphatic hydroxyl groups is 1. The standard InChI is InChI=1S/C33H49N5O6S.ClH.H2O/c1-22-17-25(40)18-23(2)26(22)20-27(34)31(42)38-28(13-16-45-3)32(43)36-21-30(41)37-29(19-24-11-7-6-8-12-24)33(44)35-14-9-4-5-10-15-39;;/h6-8,11-12,17-18,27-29,39-40H,4-5,9-10,13-16,19-21,34H2,1-3H3,(H,35,44)(H,36,43)(H,37,41)(H,38,42);1H;1H2/t27-,28+,29-;;/m0../s1. The lowest BCUT2D eigenvalue weighted by atomic mass is 9.96. The largest absolute Gasteiger partial charge is 0.508 e. The van der Waals surface area contributed by atoms with Crippen LogP contribution >= 0.6 is 24.2 Å². The second-order valence-corrected chi connectivity index (χ2v) is 12.2. The molecule has 0 bridgehead atoms. The number of nitrogens with one attached hydrogen (secondary N) is 4. The number of aromatic hydroxyl groups is 1. The van der Waals surface area contributed by atoms with E-state index < -0.39 is 35.8 Å². The number of carbonyl (C=O) groups excluding carboxylic acids is 4. The molecule has 47 heavy (non-hydrogen) atoms. The molecule has 0 radical (unpaired) electrons. The number of unbranched alkanes of at least 4 members (excludes halogenated alkanes) is 3. The number of phenolic OH excluding ortho intramolecular Hbond substituents is 1. The highest BCUT2D eigenvalue weighted by atomic mass is 35.5. The van der Waals surface area contributed by atoms with E-state index in [1.165, 1.54) is 11.8 Å². The first-order valence-corrected chi connectivity index (χ1v) is 16.8. The fraction of sp³-hybridized carbons (Fsp3) is 0.515. The quantitative estimate of drug-likeness (QED) is 0.0997. The number of benzene rings is 2. The summed E-state index contributed by atoms with van der Waals surface area (Å²) in [6.45, 7) is 3.89. The topological polar surface area (TPSA) is 214 Å². The molecular formula is C33H52ClN5O7S. The van der Waals surface area contributed by atoms with Gasteiger partial charge in [-0.2, -0.15) is 11.8 Å². The van der Waals surface area contributed by atoms with E-state index in [9.17, 15) is 24.3 Å². The van der Waals surface area contributed by atoms with Crippen LogP contribution in [0, 0.1) is 13.8 Å². The third-order valence-corrected chi connectivity index (χ3v) is 8.07. The monoisotopic (exact) mass is 697 g/mol. The van der Waals surface area contributed by atoms with E-state index in [0.29, 0.717) is 18.7 Å². The van der Waals surface area contributed by atoms with Crippen molar-refractivity contribution in [2.45, 2.75) is 76.9 Å². The minimum Gasteiger partial charge on any atom is -0.508 e. The van der Waals surface area contributed by atoms with Crippen LogP contribution in [0.5, 0.6) is 5.75 Å². The summed E-state index contributed by atoms with van der Waals surface area (Å²) in [5.41, 5.74) is 9.57. The smallest absolute Gasteiger partial charge is 0.243 e. The number of nitrogens with two attached hydrogens (primary N) is 1. The minimum absolute atomic E-state index is 0. The van der Waals surface area contributed by atoms with Gasteiger partial charge in [0.25, 0.3) is 0 Å². The average molecular weight is 698 g/mol. The van der Waals surface area contributed by atoms with Gasteiger partial charge in [0.05, 0.1) is 12.6 Å². The van der Waals surface area contributed by atoms with Gasteiger partial charge < -0.3 is 42.7 Å². The van der Waals surface area contributed by atoms with E-state index in [2.05, 4.69) is 21.3 Å². The normalized spacial score (nSPS) is 12.4. The van der Waals surface area contributed by atoms with Gasteiger partial charge in [-0.1, -0.05) is 43.2 Å². The Hall–Kier alpha value is -3.36. The molecule has 14 heteroatoms. The van der Waals surface area contributed by atoms with Gasteiger partial charge in [-0.15, -0.1) is 12.4 Å². The fourth-order valence-corrected chi connectivity index (χ4v) is 5.38. The van der Waals surface area contributed by atoms with Gasteiger partial charge in [0, 0.05) is 19.6 Å². The van der Waals surface area contributed by atoms with Crippen molar-refractivity contribution in [2.75, 3.05) is 31.7 Å². The Morgan fingerprint density at radius 3 is 2.09 bits per heavy atom. The molecule has 264 valence electrons. The summed E-state index contributed by atoms with van der Waals surface area (Å²) in [4.78, 5) is 52.0. The van der Waals surface area contributed by atoms with Gasteiger partial charge in [0.2, 0.25) is 23.6 Å². The van der Waals surface area contributed by atoms with Gasteiger partial charge in [0.15, 0.2) is 0 Å². The Morgan fingerprint density at radius 1 is 0.851 bits per heavy atom. The molecule has 12 nitrogen and oxygen atoms in total. The number of halogens is 1. The Balaban J connectivity index is 0.0000106. The van der Waals surface area contributed by atoms with E-state index in [4.69, 9.17) is 10.8 Å². The zero-order valence-corrected chi connectivity index (χ0v) is 29.1. The lowest BCUT2D eigenvalue weighted by Gasteiger charge is -2.22. The molecule has 0 aromatic heterocycles. The molecule has 0 unspecified atom stereocenters. The van der Waals surface area contributed by atoms with Crippen molar-refractivity contribution in [2.24, 2.45) is 5.73 Å². The van der Waals surface area contributed by atoms with Gasteiger partial charge in [-0.3, -0.25) is 19.2 Å². The first-order chi connectivity index (χ1) is 21.5. The average Bonchev–Trinajstić information content (AvgIpc) is 3.01. The molecule has 0 aliphatic carbocycles. The Kier molecular flexibility index (Phi) is 22.2. The van der Waals surface area contributed by atoms with Crippen LogP contribution in [-0.4, -0.2) is 89.1 Å². The maximum atomic E-state index is 13.1. The third kappa shape index (κ3) is 16.3. The molecular weight excluding hydrogens is 646 g/mol. The van der Waals surface area contributed by atoms with Crippen molar-refractivity contribution in [1.82, 2.24) is 21.3 Å². The molecule has 0 heterocycles. The Labute approximate surface area is 288 Å². The lowest BCUT2D eigenvalue weighted by molar-refractivity contribution is -0.131. The van der Waals surface area contributed by atoms with Gasteiger partial charge in [-0.25, -0.2) is 0 Å². The van der Waals surface area contributed by atoms with Crippen molar-refractivity contribution < 1.29 is 34.9 Å². The zero-order chi connectivity index (χ0) is 33.2. The summed E-state index contributed by atoms with van der Waals surface area (Å²) in [6.07, 6.45) is 5.96. The van der Waals surface area contributed by atoms with E-state index >= 15 is 0 Å². The molecule has 3 atom stereocenters. The predicted octanol–water partition coefficient (Wildman–Crippen LogP) is 1.23. The van der Waals surface area contributed by atoms with E-state index in [0.717, 1.165) is 47.9 Å². The van der Waals surface area contributed by atoms with Crippen molar-refractivity contribution in [3.05, 3.63) is 64.7 Å². The van der Waals surface area contributed by atoms with Crippen LogP contribution in [0.15, 0.2) is 42.5 Å². The molecule has 4 amide bonds. The molecule has 0 aliphatic heterocycles. The van der Waals surface area contributed by atoms with Crippen LogP contribution < -0.4 is 27.0 Å². The van der Waals surface area contributed by atoms with Crippen LogP contribution in [0.4, 0.5) is 0 Å². The number of thioether (sulfide) groups is 1. The van der Waals surface area contributed by atoms with E-state index in [1.807, 2.05) is 50.4 Å². The number of hydrogen-bond acceptors (Lipinski definition) is 8. The molecule has 2 aromatic carbocycles. The molecule has 0 saturated carbocycles. The molecule has 0 saturated heterocycles. The van der Waals surface area contributed by atoms with E-state index in [1.54, 1.807) is 12.1 Å². The number of amides is 4. The molecule has 10 N–H and O–H groups in total. The maximum absolute atomic E-state index is 13.1. The van der Waals surface area contributed by atoms with Crippen molar-refractivity contribution >= 4 is 47.8 Å². The second-order valence-electron chi connectivity index (χ2n) is 11.2. The highest BCUT2D eigenvalue weighted by Gasteiger charge is 2.26. The van der Waals surface area contributed by atoms with Crippen LogP contribution in [-0.2, 0) is 32.0 Å². The molecule has 0 aliphatic rings. The third-order valence-electron chi connectivity index (χ3n) is 7.43. The fourth-order valence-electron chi connectivity index (χ4n) is 4.91. The lowest BCUT2D eigenvalue weighted by Crippen LogP contribution is -2.54. The number of aliphatic hydroxyl groups excluding tert-OH is 1. The minimum atomic E-state index is -0.924. The first-order valence-electron chi connectivity index (χ1n) is 15.4. The van der Waals surface area contributed by atoms with Crippen molar-refractivity contribution in [3.8, 4) is 5.75 Å². The SMILES string of the molecule is CSCC[C@@H](NC(=O)[C@@H](N)Cc1c(C)cc(O)cc1C)C(=O)NCC(=O)N[C@@H](Cc1ccccc1)C(=O)NCCCCCCO.Cl.O. The summed E-state index contributed by atoms with van der Waals surface area (Å²) in [6, 6.07) is 9.88. The van der Waals surface area contributed by atoms with Gasteiger partial charge >= 0.3 is 0 Å². The highest BCUT2D eigenvalue weighted by molar-refractivity contribution is 7.98. The first kappa shape index (κ1) is 43.6. The Morgan fingerprint density at radius 2 is 1.47 bits per heavy atom. The number of rotatable bonds is 20. The van der Waals surface area contributed by atoms with Crippen LogP contribution in [0.25, 0.3) is 0 Å². The number of aryl methyl sites for hydroxylation is 2. The highest BCUT2D eigenvalue weighted by Crippen LogP contribution is 2.22. The predicted molar refractivity (Wildman–Crippen MR) is 189 cm³/mol. The zero-order valence-electron chi connectivity index (χ0n) is 27.5. The summed E-state index contributed by atoms with van der Waals surface area (Å²) in [7, 11) is 0.